The smallest absolute Gasteiger partial charge is 0.328 e. The lowest BCUT2D eigenvalue weighted by molar-refractivity contribution is -0.142. The molecule has 0 unspecified atom stereocenters. The molecular formula is C17H22N4O3. The van der Waals surface area contributed by atoms with Crippen LogP contribution in [0.1, 0.15) is 26.6 Å². The maximum Gasteiger partial charge on any atom is 0.328 e. The van der Waals surface area contributed by atoms with Gasteiger partial charge in [-0.2, -0.15) is 0 Å². The van der Waals surface area contributed by atoms with Crippen molar-refractivity contribution in [3.05, 3.63) is 30.1 Å². The van der Waals surface area contributed by atoms with E-state index >= 15 is 0 Å². The molecule has 1 heterocycles. The summed E-state index contributed by atoms with van der Waals surface area (Å²) in [6, 6.07) is 6.98. The van der Waals surface area contributed by atoms with E-state index in [4.69, 9.17) is 4.74 Å². The number of esters is 1. The Hall–Kier alpha value is -2.70. The molecule has 0 fully saturated rings. The molecule has 2 aromatic rings. The summed E-state index contributed by atoms with van der Waals surface area (Å²) in [5.41, 5.74) is 0.739. The normalized spacial score (nSPS) is 12.0. The lowest BCUT2D eigenvalue weighted by Crippen LogP contribution is -2.36. The second kappa shape index (κ2) is 7.72. The van der Waals surface area contributed by atoms with Crippen LogP contribution in [0.5, 0.6) is 0 Å². The van der Waals surface area contributed by atoms with E-state index in [0.29, 0.717) is 11.6 Å². The molecule has 2 N–H and O–H groups in total. The van der Waals surface area contributed by atoms with Gasteiger partial charge in [0.2, 0.25) is 5.91 Å². The second-order valence-electron chi connectivity index (χ2n) is 5.80. The number of hydrogen-bond donors (Lipinski definition) is 2. The molecule has 24 heavy (non-hydrogen) atoms. The number of carbonyl (C=O) groups excluding carboxylic acids is 2. The fourth-order valence-electron chi connectivity index (χ4n) is 2.29. The van der Waals surface area contributed by atoms with E-state index in [1.54, 1.807) is 0 Å². The Bertz CT molecular complexity index is 746. The highest BCUT2D eigenvalue weighted by Crippen LogP contribution is 2.22. The molecule has 0 aliphatic carbocycles. The number of anilines is 1. The fraction of sp³-hybridized carbons (Fsp3) is 0.412. The van der Waals surface area contributed by atoms with Crippen molar-refractivity contribution in [3.8, 4) is 0 Å². The summed E-state index contributed by atoms with van der Waals surface area (Å²) in [7, 11) is 1.36. The third kappa shape index (κ3) is 4.18. The Balaban J connectivity index is 2.42. The first-order chi connectivity index (χ1) is 11.4. The van der Waals surface area contributed by atoms with Crippen LogP contribution in [0, 0.1) is 5.92 Å². The zero-order valence-corrected chi connectivity index (χ0v) is 14.3. The van der Waals surface area contributed by atoms with E-state index in [0.717, 1.165) is 10.9 Å². The number of amides is 1. The first-order valence-electron chi connectivity index (χ1n) is 7.76. The lowest BCUT2D eigenvalue weighted by Gasteiger charge is -2.21. The number of aromatic nitrogens is 2. The first-order valence-corrected chi connectivity index (χ1v) is 7.76. The van der Waals surface area contributed by atoms with Gasteiger partial charge in [-0.1, -0.05) is 26.0 Å². The van der Waals surface area contributed by atoms with Gasteiger partial charge in [-0.3, -0.25) is 4.79 Å². The summed E-state index contributed by atoms with van der Waals surface area (Å²) in [6.45, 7) is 5.51. The molecule has 0 bridgehead atoms. The minimum Gasteiger partial charge on any atom is -0.467 e. The van der Waals surface area contributed by atoms with Crippen LogP contribution >= 0.6 is 0 Å². The lowest BCUT2D eigenvalue weighted by atomic mass is 10.0. The zero-order valence-electron chi connectivity index (χ0n) is 14.3. The highest BCUT2D eigenvalue weighted by molar-refractivity contribution is 5.91. The Kier molecular flexibility index (Phi) is 5.68. The van der Waals surface area contributed by atoms with E-state index < -0.39 is 6.04 Å². The largest absolute Gasteiger partial charge is 0.467 e. The number of methoxy groups -OCH3 is 1. The minimum absolute atomic E-state index is 0.0185. The van der Waals surface area contributed by atoms with E-state index in [1.807, 2.05) is 38.1 Å². The second-order valence-corrected chi connectivity index (χ2v) is 5.80. The molecule has 1 aromatic carbocycles. The van der Waals surface area contributed by atoms with E-state index in [1.165, 1.54) is 14.0 Å². The number of carbonyl (C=O) groups is 2. The number of rotatable bonds is 6. The van der Waals surface area contributed by atoms with Gasteiger partial charge < -0.3 is 15.4 Å². The number of fused-ring (bicyclic) bond motifs is 1. The monoisotopic (exact) mass is 330 g/mol. The molecule has 0 saturated carbocycles. The molecule has 0 saturated heterocycles. The van der Waals surface area contributed by atoms with Crippen molar-refractivity contribution in [2.75, 3.05) is 12.4 Å². The minimum atomic E-state index is -0.526. The number of nitrogens with zero attached hydrogens (tertiary/aromatic N) is 2. The number of benzene rings is 1. The van der Waals surface area contributed by atoms with Crippen molar-refractivity contribution in [3.63, 3.8) is 0 Å². The molecule has 2 rings (SSSR count). The summed E-state index contributed by atoms with van der Waals surface area (Å²) in [5.74, 6) is 0.529. The molecular weight excluding hydrogens is 308 g/mol. The van der Waals surface area contributed by atoms with Gasteiger partial charge in [0.1, 0.15) is 11.9 Å². The summed E-state index contributed by atoms with van der Waals surface area (Å²) in [4.78, 5) is 32.0. The highest BCUT2D eigenvalue weighted by Gasteiger charge is 2.24. The van der Waals surface area contributed by atoms with Crippen LogP contribution in [-0.4, -0.2) is 35.0 Å². The van der Waals surface area contributed by atoms with E-state index in [2.05, 4.69) is 20.6 Å². The number of ether oxygens (including phenoxy) is 1. The summed E-state index contributed by atoms with van der Waals surface area (Å²) < 4.78 is 4.87. The average Bonchev–Trinajstić information content (AvgIpc) is 2.56. The van der Waals surface area contributed by atoms with Crippen molar-refractivity contribution in [2.45, 2.75) is 33.4 Å². The third-order valence-electron chi connectivity index (χ3n) is 3.56. The maximum absolute atomic E-state index is 12.0. The number of para-hydroxylation sites is 1. The van der Waals surface area contributed by atoms with Gasteiger partial charge in [-0.05, 0) is 18.1 Å². The van der Waals surface area contributed by atoms with Crippen molar-refractivity contribution in [2.24, 2.45) is 5.92 Å². The number of hydrogen-bond acceptors (Lipinski definition) is 6. The quantitative estimate of drug-likeness (QED) is 0.786. The van der Waals surface area contributed by atoms with Gasteiger partial charge in [0.25, 0.3) is 0 Å². The molecule has 0 spiro atoms. The van der Waals surface area contributed by atoms with Gasteiger partial charge in [0, 0.05) is 12.3 Å². The standard InChI is InChI=1S/C17H22N4O3/c1-10(2)15(17(23)24-4)21-16-12-7-5-6-8-13(12)19-14(20-16)9-18-11(3)22/h5-8,10,15H,9H2,1-4H3,(H,18,22)(H,19,20,21)/t15-/m0/s1. The van der Waals surface area contributed by atoms with Crippen molar-refractivity contribution < 1.29 is 14.3 Å². The van der Waals surface area contributed by atoms with Crippen LogP contribution < -0.4 is 10.6 Å². The Morgan fingerprint density at radius 1 is 1.21 bits per heavy atom. The number of nitrogens with one attached hydrogen (secondary N) is 2. The molecule has 128 valence electrons. The first kappa shape index (κ1) is 17.7. The molecule has 1 atom stereocenters. The Labute approximate surface area is 140 Å². The van der Waals surface area contributed by atoms with Gasteiger partial charge in [-0.25, -0.2) is 14.8 Å². The predicted octanol–water partition coefficient (Wildman–Crippen LogP) is 1.88. The summed E-state index contributed by atoms with van der Waals surface area (Å²) >= 11 is 0. The van der Waals surface area contributed by atoms with Crippen LogP contribution in [0.2, 0.25) is 0 Å². The summed E-state index contributed by atoms with van der Waals surface area (Å²) in [6.07, 6.45) is 0. The molecule has 1 amide bonds. The van der Waals surface area contributed by atoms with Crippen molar-refractivity contribution in [1.29, 1.82) is 0 Å². The average molecular weight is 330 g/mol. The molecule has 1 aromatic heterocycles. The molecule has 0 radical (unpaired) electrons. The summed E-state index contributed by atoms with van der Waals surface area (Å²) in [5, 5.41) is 6.65. The van der Waals surface area contributed by atoms with Crippen LogP contribution in [-0.2, 0) is 20.9 Å². The van der Waals surface area contributed by atoms with Crippen molar-refractivity contribution in [1.82, 2.24) is 15.3 Å². The van der Waals surface area contributed by atoms with Gasteiger partial charge in [0.15, 0.2) is 5.82 Å². The van der Waals surface area contributed by atoms with Crippen LogP contribution in [0.3, 0.4) is 0 Å². The SMILES string of the molecule is COC(=O)[C@@H](Nc1nc(CNC(C)=O)nc2ccccc12)C(C)C. The molecule has 7 nitrogen and oxygen atoms in total. The van der Waals surface area contributed by atoms with Crippen LogP contribution in [0.4, 0.5) is 5.82 Å². The predicted molar refractivity (Wildman–Crippen MR) is 91.3 cm³/mol. The topological polar surface area (TPSA) is 93.2 Å². The molecule has 0 aliphatic rings. The fourth-order valence-corrected chi connectivity index (χ4v) is 2.29. The van der Waals surface area contributed by atoms with Gasteiger partial charge in [-0.15, -0.1) is 0 Å². The van der Waals surface area contributed by atoms with E-state index in [-0.39, 0.29) is 24.3 Å². The van der Waals surface area contributed by atoms with E-state index in [9.17, 15) is 9.59 Å². The molecule has 7 heteroatoms. The van der Waals surface area contributed by atoms with Gasteiger partial charge >= 0.3 is 5.97 Å². The zero-order chi connectivity index (χ0) is 17.7. The molecule has 0 aliphatic heterocycles. The highest BCUT2D eigenvalue weighted by atomic mass is 16.5. The van der Waals surface area contributed by atoms with Crippen LogP contribution in [0.15, 0.2) is 24.3 Å². The maximum atomic E-state index is 12.0. The van der Waals surface area contributed by atoms with Gasteiger partial charge in [0.05, 0.1) is 19.2 Å². The Morgan fingerprint density at radius 2 is 1.92 bits per heavy atom. The van der Waals surface area contributed by atoms with Crippen LogP contribution in [0.25, 0.3) is 10.9 Å². The third-order valence-corrected chi connectivity index (χ3v) is 3.56. The van der Waals surface area contributed by atoms with Crippen molar-refractivity contribution >= 4 is 28.6 Å². The Morgan fingerprint density at radius 3 is 2.54 bits per heavy atom.